The van der Waals surface area contributed by atoms with Crippen LogP contribution in [0.25, 0.3) is 0 Å². The van der Waals surface area contributed by atoms with Crippen LogP contribution in [0.2, 0.25) is 0 Å². The van der Waals surface area contributed by atoms with E-state index in [0.717, 1.165) is 8.00 Å². The van der Waals surface area contributed by atoms with E-state index in [0.29, 0.717) is 0 Å². The number of likely N-dealkylation sites (N-methyl/N-ethyl adjacent to an activating group) is 1. The second kappa shape index (κ2) is 4.99. The molecule has 3 nitrogen and oxygen atoms in total. The first-order chi connectivity index (χ1) is 6.13. The Morgan fingerprint density at radius 2 is 2.46 bits per heavy atom. The highest BCUT2D eigenvalue weighted by Gasteiger charge is 2.16. The van der Waals surface area contributed by atoms with Gasteiger partial charge in [-0.3, -0.25) is 5.32 Å². The van der Waals surface area contributed by atoms with Gasteiger partial charge >= 0.3 is 5.97 Å². The Kier molecular flexibility index (Phi) is 4.24. The lowest BCUT2D eigenvalue weighted by Crippen LogP contribution is -2.30. The van der Waals surface area contributed by atoms with Gasteiger partial charge in [0.2, 0.25) is 0 Å². The number of hydrogen-bond donors (Lipinski definition) is 2. The van der Waals surface area contributed by atoms with Gasteiger partial charge in [-0.1, -0.05) is 11.8 Å². The Morgan fingerprint density at radius 3 is 2.85 bits per heavy atom. The van der Waals surface area contributed by atoms with Crippen LogP contribution < -0.4 is 5.32 Å². The number of thiophene rings is 1. The Balaban J connectivity index is 2.61. The number of aliphatic carboxylic acids is 1. The summed E-state index contributed by atoms with van der Waals surface area (Å²) in [5, 5.41) is 10.9. The number of carbonyl (C=O) groups is 1. The second-order valence-corrected chi connectivity index (χ2v) is 6.05. The van der Waals surface area contributed by atoms with Gasteiger partial charge in [-0.2, -0.15) is 0 Å². The first-order valence-electron chi connectivity index (χ1n) is 3.45. The van der Waals surface area contributed by atoms with Gasteiger partial charge in [0.05, 0.1) is 8.00 Å². The van der Waals surface area contributed by atoms with E-state index in [1.54, 1.807) is 7.05 Å². The molecule has 0 aliphatic carbocycles. The molecule has 6 heteroatoms. The summed E-state index contributed by atoms with van der Waals surface area (Å²) >= 11 is 6.14. The number of nitrogens with one attached hydrogen (secondary N) is 1. The second-order valence-electron chi connectivity index (χ2n) is 2.18. The minimum atomic E-state index is -0.850. The molecule has 1 unspecified atom stereocenters. The molecule has 0 saturated carbocycles. The van der Waals surface area contributed by atoms with Gasteiger partial charge in [0, 0.05) is 0 Å². The maximum atomic E-state index is 10.7. The third-order valence-electron chi connectivity index (χ3n) is 1.27. The number of carboxylic acids is 1. The van der Waals surface area contributed by atoms with E-state index in [9.17, 15) is 4.79 Å². The zero-order chi connectivity index (χ0) is 9.84. The van der Waals surface area contributed by atoms with Crippen molar-refractivity contribution in [2.24, 2.45) is 0 Å². The molecule has 0 amide bonds. The Hall–Kier alpha value is -0.0400. The predicted octanol–water partition coefficient (Wildman–Crippen LogP) is 2.23. The highest BCUT2D eigenvalue weighted by molar-refractivity contribution is 9.11. The number of hydrogen-bond acceptors (Lipinski definition) is 4. The summed E-state index contributed by atoms with van der Waals surface area (Å²) in [4.78, 5) is 10.7. The van der Waals surface area contributed by atoms with Crippen molar-refractivity contribution in [1.82, 2.24) is 5.32 Å². The fourth-order valence-corrected chi connectivity index (χ4v) is 3.50. The van der Waals surface area contributed by atoms with Crippen LogP contribution in [0, 0.1) is 0 Å². The van der Waals surface area contributed by atoms with E-state index < -0.39 is 11.3 Å². The van der Waals surface area contributed by atoms with Gasteiger partial charge in [0.1, 0.15) is 0 Å². The Labute approximate surface area is 92.7 Å². The molecule has 1 rings (SSSR count). The van der Waals surface area contributed by atoms with Crippen molar-refractivity contribution in [3.63, 3.8) is 0 Å². The summed E-state index contributed by atoms with van der Waals surface area (Å²) in [6.45, 7) is 0. The van der Waals surface area contributed by atoms with Crippen LogP contribution in [0.3, 0.4) is 0 Å². The van der Waals surface area contributed by atoms with Crippen molar-refractivity contribution in [3.05, 3.63) is 15.9 Å². The van der Waals surface area contributed by atoms with Gasteiger partial charge < -0.3 is 5.11 Å². The number of rotatable bonds is 4. The molecule has 13 heavy (non-hydrogen) atoms. The molecule has 1 atom stereocenters. The van der Waals surface area contributed by atoms with Crippen LogP contribution >= 0.6 is 39.0 Å². The van der Waals surface area contributed by atoms with Crippen molar-refractivity contribution in [3.8, 4) is 0 Å². The van der Waals surface area contributed by atoms with Gasteiger partial charge in [-0.15, -0.1) is 11.3 Å². The molecule has 0 aromatic carbocycles. The molecule has 1 aromatic heterocycles. The van der Waals surface area contributed by atoms with Crippen LogP contribution in [0.15, 0.2) is 20.1 Å². The highest BCUT2D eigenvalue weighted by atomic mass is 79.9. The molecule has 0 aliphatic rings. The van der Waals surface area contributed by atoms with Gasteiger partial charge in [-0.05, 0) is 35.1 Å². The Morgan fingerprint density at radius 1 is 1.77 bits per heavy atom. The molecule has 72 valence electrons. The van der Waals surface area contributed by atoms with Crippen molar-refractivity contribution in [2.45, 2.75) is 9.58 Å². The normalized spacial score (nSPS) is 12.8. The largest absolute Gasteiger partial charge is 0.479 e. The van der Waals surface area contributed by atoms with Crippen LogP contribution in [0.1, 0.15) is 0 Å². The van der Waals surface area contributed by atoms with Gasteiger partial charge in [0.15, 0.2) is 5.37 Å². The lowest BCUT2D eigenvalue weighted by Gasteiger charge is -2.07. The standard InChI is InChI=1S/C7H8BrNO2S2/c1-9-6(7(10)11)13-5-3-2-4(8)12-5/h2-3,6,9H,1H3,(H,10,11). The van der Waals surface area contributed by atoms with Crippen LogP contribution in [-0.2, 0) is 4.79 Å². The maximum Gasteiger partial charge on any atom is 0.331 e. The Bertz CT molecular complexity index is 302. The van der Waals surface area contributed by atoms with E-state index in [4.69, 9.17) is 5.11 Å². The van der Waals surface area contributed by atoms with E-state index >= 15 is 0 Å². The van der Waals surface area contributed by atoms with Crippen LogP contribution in [0.4, 0.5) is 0 Å². The first kappa shape index (κ1) is 11.0. The first-order valence-corrected chi connectivity index (χ1v) is 5.94. The summed E-state index contributed by atoms with van der Waals surface area (Å²) in [5.41, 5.74) is 0. The minimum Gasteiger partial charge on any atom is -0.479 e. The van der Waals surface area contributed by atoms with Gasteiger partial charge in [0.25, 0.3) is 0 Å². The van der Waals surface area contributed by atoms with Crippen molar-refractivity contribution in [2.75, 3.05) is 7.05 Å². The third kappa shape index (κ3) is 3.30. The fourth-order valence-electron chi connectivity index (χ4n) is 0.710. The molecular formula is C7H8BrNO2S2. The summed E-state index contributed by atoms with van der Waals surface area (Å²) < 4.78 is 1.99. The molecule has 0 fully saturated rings. The van der Waals surface area contributed by atoms with E-state index in [1.807, 2.05) is 12.1 Å². The smallest absolute Gasteiger partial charge is 0.331 e. The van der Waals surface area contributed by atoms with E-state index in [-0.39, 0.29) is 0 Å². The number of thioether (sulfide) groups is 1. The van der Waals surface area contributed by atoms with Crippen molar-refractivity contribution < 1.29 is 9.90 Å². The summed E-state index contributed by atoms with van der Waals surface area (Å²) in [7, 11) is 1.63. The monoisotopic (exact) mass is 281 g/mol. The van der Waals surface area contributed by atoms with E-state index in [1.165, 1.54) is 23.1 Å². The maximum absolute atomic E-state index is 10.7. The third-order valence-corrected chi connectivity index (χ3v) is 4.27. The topological polar surface area (TPSA) is 49.3 Å². The summed E-state index contributed by atoms with van der Waals surface area (Å²) in [5.74, 6) is -0.850. The van der Waals surface area contributed by atoms with E-state index in [2.05, 4.69) is 21.2 Å². The predicted molar refractivity (Wildman–Crippen MR) is 58.4 cm³/mol. The molecule has 0 aliphatic heterocycles. The SMILES string of the molecule is CNC(Sc1ccc(Br)s1)C(=O)O. The molecule has 0 spiro atoms. The molecule has 0 bridgehead atoms. The zero-order valence-electron chi connectivity index (χ0n) is 6.78. The van der Waals surface area contributed by atoms with Crippen LogP contribution in [-0.4, -0.2) is 23.5 Å². The minimum absolute atomic E-state index is 0.578. The molecule has 0 saturated heterocycles. The highest BCUT2D eigenvalue weighted by Crippen LogP contribution is 2.32. The lowest BCUT2D eigenvalue weighted by atomic mass is 10.6. The average molecular weight is 282 g/mol. The quantitative estimate of drug-likeness (QED) is 0.657. The molecule has 1 aromatic rings. The fraction of sp³-hybridized carbons (Fsp3) is 0.286. The molecular weight excluding hydrogens is 274 g/mol. The van der Waals surface area contributed by atoms with Crippen molar-refractivity contribution in [1.29, 1.82) is 0 Å². The number of halogens is 1. The lowest BCUT2D eigenvalue weighted by molar-refractivity contribution is -0.136. The summed E-state index contributed by atoms with van der Waals surface area (Å²) in [6, 6.07) is 3.80. The molecule has 2 N–H and O–H groups in total. The van der Waals surface area contributed by atoms with Crippen molar-refractivity contribution >= 4 is 45.0 Å². The average Bonchev–Trinajstić information content (AvgIpc) is 2.46. The summed E-state index contributed by atoms with van der Waals surface area (Å²) in [6.07, 6.45) is 0. The number of carboxylic acid groups (broad SMARTS) is 1. The zero-order valence-corrected chi connectivity index (χ0v) is 10.0. The van der Waals surface area contributed by atoms with Crippen LogP contribution in [0.5, 0.6) is 0 Å². The molecule has 0 radical (unpaired) electrons. The van der Waals surface area contributed by atoms with Gasteiger partial charge in [-0.25, -0.2) is 4.79 Å². The molecule has 1 heterocycles.